The summed E-state index contributed by atoms with van der Waals surface area (Å²) in [5.41, 5.74) is 9.34. The average molecular weight is 238 g/mol. The lowest BCUT2D eigenvalue weighted by molar-refractivity contribution is 0.636. The van der Waals surface area contributed by atoms with Gasteiger partial charge in [0.1, 0.15) is 5.03 Å². The summed E-state index contributed by atoms with van der Waals surface area (Å²) in [6, 6.07) is 2.11. The molecule has 90 valence electrons. The number of thioether (sulfide) groups is 1. The molecule has 0 aliphatic rings. The molecular formula is C13H22N2S. The Morgan fingerprint density at radius 3 is 2.69 bits per heavy atom. The summed E-state index contributed by atoms with van der Waals surface area (Å²) < 4.78 is 0. The highest BCUT2D eigenvalue weighted by Crippen LogP contribution is 2.26. The molecule has 16 heavy (non-hydrogen) atoms. The standard InChI is InChI=1S/C13H22N2S/c1-5-9(2)8-16-13-12(7-14)10(3)6-11(4)15-13/h6,9H,5,7-8,14H2,1-4H3. The van der Waals surface area contributed by atoms with Crippen molar-refractivity contribution < 1.29 is 0 Å². The largest absolute Gasteiger partial charge is 0.326 e. The maximum Gasteiger partial charge on any atom is 0.101 e. The first kappa shape index (κ1) is 13.5. The molecule has 0 saturated carbocycles. The molecule has 1 aromatic rings. The summed E-state index contributed by atoms with van der Waals surface area (Å²) in [7, 11) is 0. The predicted octanol–water partition coefficient (Wildman–Crippen LogP) is 3.30. The van der Waals surface area contributed by atoms with Gasteiger partial charge in [-0.1, -0.05) is 20.3 Å². The van der Waals surface area contributed by atoms with Crippen molar-refractivity contribution in [2.75, 3.05) is 5.75 Å². The van der Waals surface area contributed by atoms with Gasteiger partial charge in [-0.15, -0.1) is 11.8 Å². The van der Waals surface area contributed by atoms with Crippen LogP contribution in [0.4, 0.5) is 0 Å². The van der Waals surface area contributed by atoms with Crippen molar-refractivity contribution in [1.29, 1.82) is 0 Å². The lowest BCUT2D eigenvalue weighted by Crippen LogP contribution is -2.05. The van der Waals surface area contributed by atoms with E-state index in [1.54, 1.807) is 0 Å². The number of pyridine rings is 1. The van der Waals surface area contributed by atoms with Crippen LogP contribution in [0.3, 0.4) is 0 Å². The van der Waals surface area contributed by atoms with Crippen molar-refractivity contribution in [1.82, 2.24) is 4.98 Å². The number of aryl methyl sites for hydroxylation is 2. The fourth-order valence-corrected chi connectivity index (χ4v) is 2.84. The number of hydrogen-bond acceptors (Lipinski definition) is 3. The second kappa shape index (κ2) is 6.26. The fourth-order valence-electron chi connectivity index (χ4n) is 1.54. The molecule has 0 aromatic carbocycles. The van der Waals surface area contributed by atoms with Crippen LogP contribution < -0.4 is 5.73 Å². The summed E-state index contributed by atoms with van der Waals surface area (Å²) in [6.45, 7) is 9.24. The SMILES string of the molecule is CCC(C)CSc1nc(C)cc(C)c1CN. The Labute approximate surface area is 103 Å². The van der Waals surface area contributed by atoms with Crippen LogP contribution in [-0.2, 0) is 6.54 Å². The van der Waals surface area contributed by atoms with Gasteiger partial charge in [0.25, 0.3) is 0 Å². The van der Waals surface area contributed by atoms with Crippen molar-refractivity contribution in [3.05, 3.63) is 22.9 Å². The third kappa shape index (κ3) is 3.49. The molecule has 0 aliphatic carbocycles. The van der Waals surface area contributed by atoms with E-state index >= 15 is 0 Å². The van der Waals surface area contributed by atoms with Gasteiger partial charge in [-0.25, -0.2) is 4.98 Å². The van der Waals surface area contributed by atoms with Crippen LogP contribution in [0.5, 0.6) is 0 Å². The highest BCUT2D eigenvalue weighted by molar-refractivity contribution is 7.99. The molecule has 0 spiro atoms. The van der Waals surface area contributed by atoms with Gasteiger partial charge in [-0.2, -0.15) is 0 Å². The highest BCUT2D eigenvalue weighted by atomic mass is 32.2. The average Bonchev–Trinajstić information content (AvgIpc) is 2.25. The van der Waals surface area contributed by atoms with Gasteiger partial charge < -0.3 is 5.73 Å². The zero-order chi connectivity index (χ0) is 12.1. The first-order chi connectivity index (χ1) is 7.58. The molecule has 0 fully saturated rings. The topological polar surface area (TPSA) is 38.9 Å². The van der Waals surface area contributed by atoms with Crippen molar-refractivity contribution in [3.8, 4) is 0 Å². The Balaban J connectivity index is 2.85. The Morgan fingerprint density at radius 1 is 1.44 bits per heavy atom. The summed E-state index contributed by atoms with van der Waals surface area (Å²) in [6.07, 6.45) is 1.22. The van der Waals surface area contributed by atoms with Crippen LogP contribution in [-0.4, -0.2) is 10.7 Å². The van der Waals surface area contributed by atoms with Crippen LogP contribution in [0, 0.1) is 19.8 Å². The van der Waals surface area contributed by atoms with Crippen LogP contribution in [0.2, 0.25) is 0 Å². The normalized spacial score (nSPS) is 12.8. The number of aromatic nitrogens is 1. The van der Waals surface area contributed by atoms with Crippen LogP contribution in [0.15, 0.2) is 11.1 Å². The van der Waals surface area contributed by atoms with Crippen LogP contribution in [0.1, 0.15) is 37.1 Å². The Morgan fingerprint density at radius 2 is 2.12 bits per heavy atom. The smallest absolute Gasteiger partial charge is 0.101 e. The molecule has 2 nitrogen and oxygen atoms in total. The summed E-state index contributed by atoms with van der Waals surface area (Å²) in [5, 5.41) is 1.13. The van der Waals surface area contributed by atoms with E-state index in [2.05, 4.69) is 31.8 Å². The summed E-state index contributed by atoms with van der Waals surface area (Å²) in [4.78, 5) is 4.59. The van der Waals surface area contributed by atoms with Gasteiger partial charge in [0.2, 0.25) is 0 Å². The number of rotatable bonds is 5. The zero-order valence-corrected chi connectivity index (χ0v) is 11.5. The third-order valence-electron chi connectivity index (χ3n) is 2.84. The first-order valence-electron chi connectivity index (χ1n) is 5.88. The molecule has 0 saturated heterocycles. The van der Waals surface area contributed by atoms with Crippen molar-refractivity contribution in [2.24, 2.45) is 11.7 Å². The van der Waals surface area contributed by atoms with E-state index in [1.165, 1.54) is 17.5 Å². The molecule has 3 heteroatoms. The number of hydrogen-bond donors (Lipinski definition) is 1. The van der Waals surface area contributed by atoms with Gasteiger partial charge in [0.15, 0.2) is 0 Å². The van der Waals surface area contributed by atoms with E-state index in [0.29, 0.717) is 6.54 Å². The van der Waals surface area contributed by atoms with E-state index in [0.717, 1.165) is 22.4 Å². The van der Waals surface area contributed by atoms with E-state index in [1.807, 2.05) is 18.7 Å². The molecule has 1 unspecified atom stereocenters. The minimum Gasteiger partial charge on any atom is -0.326 e. The third-order valence-corrected chi connectivity index (χ3v) is 4.19. The summed E-state index contributed by atoms with van der Waals surface area (Å²) >= 11 is 1.84. The minimum absolute atomic E-state index is 0.585. The molecule has 0 aliphatic heterocycles. The monoisotopic (exact) mass is 238 g/mol. The Hall–Kier alpha value is -0.540. The van der Waals surface area contributed by atoms with Crippen LogP contribution in [0.25, 0.3) is 0 Å². The second-order valence-electron chi connectivity index (χ2n) is 4.39. The lowest BCUT2D eigenvalue weighted by Gasteiger charge is -2.13. The van der Waals surface area contributed by atoms with Gasteiger partial charge >= 0.3 is 0 Å². The first-order valence-corrected chi connectivity index (χ1v) is 6.87. The fraction of sp³-hybridized carbons (Fsp3) is 0.615. The quantitative estimate of drug-likeness (QED) is 0.800. The molecular weight excluding hydrogens is 216 g/mol. The molecule has 1 heterocycles. The van der Waals surface area contributed by atoms with Gasteiger partial charge in [-0.3, -0.25) is 0 Å². The maximum atomic E-state index is 5.79. The van der Waals surface area contributed by atoms with E-state index in [9.17, 15) is 0 Å². The lowest BCUT2D eigenvalue weighted by atomic mass is 10.1. The molecule has 2 N–H and O–H groups in total. The van der Waals surface area contributed by atoms with Crippen LogP contribution >= 0.6 is 11.8 Å². The van der Waals surface area contributed by atoms with Gasteiger partial charge in [-0.05, 0) is 31.4 Å². The molecule has 0 radical (unpaired) electrons. The molecule has 1 rings (SSSR count). The van der Waals surface area contributed by atoms with Crippen molar-refractivity contribution in [2.45, 2.75) is 45.7 Å². The van der Waals surface area contributed by atoms with Gasteiger partial charge in [0, 0.05) is 23.6 Å². The van der Waals surface area contributed by atoms with Gasteiger partial charge in [0.05, 0.1) is 0 Å². The second-order valence-corrected chi connectivity index (χ2v) is 5.40. The van der Waals surface area contributed by atoms with E-state index < -0.39 is 0 Å². The highest BCUT2D eigenvalue weighted by Gasteiger charge is 2.09. The Kier molecular flexibility index (Phi) is 5.29. The maximum absolute atomic E-state index is 5.79. The molecule has 0 bridgehead atoms. The minimum atomic E-state index is 0.585. The summed E-state index contributed by atoms with van der Waals surface area (Å²) in [5.74, 6) is 1.86. The zero-order valence-electron chi connectivity index (χ0n) is 10.7. The molecule has 1 atom stereocenters. The number of nitrogens with two attached hydrogens (primary N) is 1. The molecule has 0 amide bonds. The molecule has 1 aromatic heterocycles. The van der Waals surface area contributed by atoms with E-state index in [-0.39, 0.29) is 0 Å². The Bertz CT molecular complexity index is 350. The van der Waals surface area contributed by atoms with Crippen molar-refractivity contribution in [3.63, 3.8) is 0 Å². The number of nitrogens with zero attached hydrogens (tertiary/aromatic N) is 1. The van der Waals surface area contributed by atoms with E-state index in [4.69, 9.17) is 5.73 Å². The predicted molar refractivity (Wildman–Crippen MR) is 71.8 cm³/mol. The van der Waals surface area contributed by atoms with Crippen molar-refractivity contribution >= 4 is 11.8 Å².